The number of amides is 1. The maximum atomic E-state index is 13.0. The van der Waals surface area contributed by atoms with E-state index in [2.05, 4.69) is 5.10 Å². The van der Waals surface area contributed by atoms with Crippen LogP contribution in [0.3, 0.4) is 0 Å². The van der Waals surface area contributed by atoms with Gasteiger partial charge < -0.3 is 0 Å². The lowest BCUT2D eigenvalue weighted by atomic mass is 10.2. The summed E-state index contributed by atoms with van der Waals surface area (Å²) in [5, 5.41) is 16.0. The fourth-order valence-corrected chi connectivity index (χ4v) is 3.33. The molecule has 1 heterocycles. The average Bonchev–Trinajstić information content (AvgIpc) is 2.88. The summed E-state index contributed by atoms with van der Waals surface area (Å²) < 4.78 is 13.2. The summed E-state index contributed by atoms with van der Waals surface area (Å²) >= 11 is 6.21. The summed E-state index contributed by atoms with van der Waals surface area (Å²) in [6, 6.07) is 11.7. The number of hydrogen-bond acceptors (Lipinski definition) is 6. The van der Waals surface area contributed by atoms with Crippen LogP contribution < -0.4 is 0 Å². The number of benzene rings is 2. The second kappa shape index (κ2) is 7.54. The standard InChI is InChI=1S/C17H10FN3O3S2/c18-13-7-5-11(6-8-13)9-15-16(22)20(17(25)26-15)19-10-12-3-1-2-4-14(12)21(23)24/h1-10H/b15-9+,19-10+. The summed E-state index contributed by atoms with van der Waals surface area (Å²) in [6.07, 6.45) is 2.81. The predicted octanol–water partition coefficient (Wildman–Crippen LogP) is 3.97. The van der Waals surface area contributed by atoms with Crippen molar-refractivity contribution in [1.82, 2.24) is 5.01 Å². The van der Waals surface area contributed by atoms with E-state index < -0.39 is 10.8 Å². The summed E-state index contributed by atoms with van der Waals surface area (Å²) in [7, 11) is 0. The Morgan fingerprint density at radius 1 is 1.19 bits per heavy atom. The number of thioether (sulfide) groups is 1. The first-order valence-corrected chi connectivity index (χ1v) is 8.49. The third kappa shape index (κ3) is 3.84. The van der Waals surface area contributed by atoms with Crippen molar-refractivity contribution in [2.24, 2.45) is 5.10 Å². The number of halogens is 1. The van der Waals surface area contributed by atoms with Gasteiger partial charge in [-0.25, -0.2) is 4.39 Å². The normalized spacial score (nSPS) is 16.0. The molecule has 0 spiro atoms. The zero-order chi connectivity index (χ0) is 18.7. The Bertz CT molecular complexity index is 958. The van der Waals surface area contributed by atoms with E-state index in [1.54, 1.807) is 30.3 Å². The van der Waals surface area contributed by atoms with Crippen LogP contribution in [0.4, 0.5) is 10.1 Å². The van der Waals surface area contributed by atoms with Crippen LogP contribution >= 0.6 is 24.0 Å². The van der Waals surface area contributed by atoms with Crippen LogP contribution in [0.25, 0.3) is 6.08 Å². The molecule has 1 amide bonds. The minimum atomic E-state index is -0.528. The van der Waals surface area contributed by atoms with E-state index in [4.69, 9.17) is 12.2 Å². The third-order valence-electron chi connectivity index (χ3n) is 3.39. The Morgan fingerprint density at radius 2 is 1.88 bits per heavy atom. The number of carbonyl (C=O) groups excluding carboxylic acids is 1. The molecule has 0 bridgehead atoms. The number of hydrazone groups is 1. The van der Waals surface area contributed by atoms with Gasteiger partial charge in [-0.15, -0.1) is 0 Å². The molecule has 1 fully saturated rings. The van der Waals surface area contributed by atoms with Gasteiger partial charge in [0.25, 0.3) is 11.6 Å². The number of carbonyl (C=O) groups is 1. The fraction of sp³-hybridized carbons (Fsp3) is 0. The topological polar surface area (TPSA) is 75.8 Å². The predicted molar refractivity (Wildman–Crippen MR) is 102 cm³/mol. The SMILES string of the molecule is O=C1/C(=C\c2ccc(F)cc2)SC(=S)N1/N=C/c1ccccc1[N+](=O)[O-]. The van der Waals surface area contributed by atoms with Crippen molar-refractivity contribution in [3.63, 3.8) is 0 Å². The zero-order valence-corrected chi connectivity index (χ0v) is 14.7. The summed E-state index contributed by atoms with van der Waals surface area (Å²) in [4.78, 5) is 23.3. The number of nitro groups is 1. The molecule has 1 aliphatic heterocycles. The molecule has 0 aromatic heterocycles. The second-order valence-corrected chi connectivity index (χ2v) is 6.78. The van der Waals surface area contributed by atoms with Crippen molar-refractivity contribution in [2.75, 3.05) is 0 Å². The van der Waals surface area contributed by atoms with Gasteiger partial charge in [-0.1, -0.05) is 36.0 Å². The van der Waals surface area contributed by atoms with Crippen molar-refractivity contribution in [1.29, 1.82) is 0 Å². The number of rotatable bonds is 4. The molecule has 0 aliphatic carbocycles. The quantitative estimate of drug-likeness (QED) is 0.261. The Hall–Kier alpha value is -2.91. The largest absolute Gasteiger partial charge is 0.286 e. The molecular formula is C17H10FN3O3S2. The smallest absolute Gasteiger partial charge is 0.266 e. The average molecular weight is 387 g/mol. The molecule has 3 rings (SSSR count). The highest BCUT2D eigenvalue weighted by atomic mass is 32.2. The first kappa shape index (κ1) is 17.9. The maximum Gasteiger partial charge on any atom is 0.286 e. The van der Waals surface area contributed by atoms with E-state index in [0.29, 0.717) is 10.5 Å². The first-order chi connectivity index (χ1) is 12.5. The van der Waals surface area contributed by atoms with Gasteiger partial charge in [0.15, 0.2) is 4.32 Å². The van der Waals surface area contributed by atoms with Crippen molar-refractivity contribution >= 4 is 52.2 Å². The molecule has 2 aromatic carbocycles. The highest BCUT2D eigenvalue weighted by Crippen LogP contribution is 2.32. The fourth-order valence-electron chi connectivity index (χ4n) is 2.15. The lowest BCUT2D eigenvalue weighted by molar-refractivity contribution is -0.385. The van der Waals surface area contributed by atoms with Crippen LogP contribution in [0.5, 0.6) is 0 Å². The summed E-state index contributed by atoms with van der Waals surface area (Å²) in [6.45, 7) is 0. The van der Waals surface area contributed by atoms with Crippen molar-refractivity contribution in [3.8, 4) is 0 Å². The zero-order valence-electron chi connectivity index (χ0n) is 13.0. The van der Waals surface area contributed by atoms with E-state index >= 15 is 0 Å². The van der Waals surface area contributed by atoms with Crippen LogP contribution in [-0.4, -0.2) is 26.4 Å². The van der Waals surface area contributed by atoms with Gasteiger partial charge in [-0.05, 0) is 42.1 Å². The number of para-hydroxylation sites is 1. The van der Waals surface area contributed by atoms with Crippen LogP contribution in [-0.2, 0) is 4.79 Å². The second-order valence-electron chi connectivity index (χ2n) is 5.11. The minimum absolute atomic E-state index is 0.122. The first-order valence-electron chi connectivity index (χ1n) is 7.26. The number of nitro benzene ring substituents is 1. The van der Waals surface area contributed by atoms with Gasteiger partial charge in [0.05, 0.1) is 21.6 Å². The lowest BCUT2D eigenvalue weighted by Gasteiger charge is -2.06. The molecule has 130 valence electrons. The van der Waals surface area contributed by atoms with Gasteiger partial charge in [0.1, 0.15) is 5.82 Å². The molecule has 2 aromatic rings. The molecule has 0 radical (unpaired) electrons. The molecule has 0 unspecified atom stereocenters. The highest BCUT2D eigenvalue weighted by Gasteiger charge is 2.32. The molecule has 0 N–H and O–H groups in total. The highest BCUT2D eigenvalue weighted by molar-refractivity contribution is 8.26. The Balaban J connectivity index is 1.84. The van der Waals surface area contributed by atoms with Crippen LogP contribution in [0.2, 0.25) is 0 Å². The number of nitrogens with zero attached hydrogens (tertiary/aromatic N) is 3. The van der Waals surface area contributed by atoms with Gasteiger partial charge >= 0.3 is 0 Å². The molecule has 1 aliphatic rings. The molecule has 0 saturated carbocycles. The van der Waals surface area contributed by atoms with E-state index in [9.17, 15) is 19.3 Å². The number of hydrogen-bond donors (Lipinski definition) is 0. The van der Waals surface area contributed by atoms with E-state index in [1.807, 2.05) is 0 Å². The molecule has 9 heteroatoms. The van der Waals surface area contributed by atoms with E-state index in [1.165, 1.54) is 30.5 Å². The van der Waals surface area contributed by atoms with Crippen molar-refractivity contribution in [3.05, 3.63) is 80.5 Å². The summed E-state index contributed by atoms with van der Waals surface area (Å²) in [5.74, 6) is -0.817. The molecular weight excluding hydrogens is 377 g/mol. The Kier molecular flexibility index (Phi) is 5.19. The van der Waals surface area contributed by atoms with Crippen molar-refractivity contribution in [2.45, 2.75) is 0 Å². The third-order valence-corrected chi connectivity index (χ3v) is 4.67. The molecule has 26 heavy (non-hydrogen) atoms. The van der Waals surface area contributed by atoms with Gasteiger partial charge in [0, 0.05) is 6.07 Å². The Labute approximate surface area is 157 Å². The van der Waals surface area contributed by atoms with Crippen LogP contribution in [0.15, 0.2) is 58.5 Å². The van der Waals surface area contributed by atoms with Crippen LogP contribution in [0.1, 0.15) is 11.1 Å². The molecule has 0 atom stereocenters. The molecule has 6 nitrogen and oxygen atoms in total. The lowest BCUT2D eigenvalue weighted by Crippen LogP contribution is -2.22. The number of thiocarbonyl (C=S) groups is 1. The van der Waals surface area contributed by atoms with E-state index in [-0.39, 0.29) is 21.4 Å². The van der Waals surface area contributed by atoms with Gasteiger partial charge in [-0.2, -0.15) is 10.1 Å². The van der Waals surface area contributed by atoms with Crippen molar-refractivity contribution < 1.29 is 14.1 Å². The van der Waals surface area contributed by atoms with E-state index in [0.717, 1.165) is 16.8 Å². The van der Waals surface area contributed by atoms with Gasteiger partial charge in [-0.3, -0.25) is 14.9 Å². The maximum absolute atomic E-state index is 13.0. The van der Waals surface area contributed by atoms with Crippen LogP contribution in [0, 0.1) is 15.9 Å². The van der Waals surface area contributed by atoms with Gasteiger partial charge in [0.2, 0.25) is 0 Å². The minimum Gasteiger partial charge on any atom is -0.266 e. The molecule has 1 saturated heterocycles. The Morgan fingerprint density at radius 3 is 2.58 bits per heavy atom. The summed E-state index contributed by atoms with van der Waals surface area (Å²) in [5.41, 5.74) is 0.784. The monoisotopic (exact) mass is 387 g/mol.